The van der Waals surface area contributed by atoms with Crippen LogP contribution in [-0.2, 0) is 10.9 Å². The first-order valence-corrected chi connectivity index (χ1v) is 10.9. The Balaban J connectivity index is 1.94. The summed E-state index contributed by atoms with van der Waals surface area (Å²) < 4.78 is 47.9. The Hall–Kier alpha value is -2.21. The fraction of sp³-hybridized carbons (Fsp3) is 0.381. The van der Waals surface area contributed by atoms with Gasteiger partial charge < -0.3 is 15.0 Å². The van der Waals surface area contributed by atoms with Gasteiger partial charge in [0.25, 0.3) is 0 Å². The molecule has 164 valence electrons. The summed E-state index contributed by atoms with van der Waals surface area (Å²) in [5.74, 6) is 0.581. The molecule has 1 atom stereocenters. The van der Waals surface area contributed by atoms with Gasteiger partial charge in [-0.15, -0.1) is 0 Å². The number of anilines is 2. The van der Waals surface area contributed by atoms with E-state index in [2.05, 4.69) is 20.3 Å². The number of pyridine rings is 1. The van der Waals surface area contributed by atoms with Crippen molar-refractivity contribution < 1.29 is 17.9 Å². The minimum atomic E-state index is -4.52. The van der Waals surface area contributed by atoms with Crippen molar-refractivity contribution in [2.75, 3.05) is 37.5 Å². The molecule has 31 heavy (non-hydrogen) atoms. The number of hydrogen-bond acceptors (Lipinski definition) is 6. The van der Waals surface area contributed by atoms with E-state index < -0.39 is 11.7 Å². The molecule has 0 spiro atoms. The molecular weight excluding hydrogens is 522 g/mol. The highest BCUT2D eigenvalue weighted by molar-refractivity contribution is 14.1. The first kappa shape index (κ1) is 22.0. The molecule has 1 N–H and O–H groups in total. The van der Waals surface area contributed by atoms with Crippen LogP contribution in [0.5, 0.6) is 0 Å². The van der Waals surface area contributed by atoms with E-state index in [1.165, 1.54) is 6.07 Å². The van der Waals surface area contributed by atoms with Crippen molar-refractivity contribution in [3.63, 3.8) is 0 Å². The Kier molecular flexibility index (Phi) is 6.20. The minimum absolute atomic E-state index is 0.0202. The Bertz CT molecular complexity index is 1110. The van der Waals surface area contributed by atoms with Crippen molar-refractivity contribution in [2.45, 2.75) is 25.1 Å². The highest BCUT2D eigenvalue weighted by atomic mass is 127. The summed E-state index contributed by atoms with van der Waals surface area (Å²) in [4.78, 5) is 15.2. The van der Waals surface area contributed by atoms with E-state index in [-0.39, 0.29) is 17.3 Å². The fourth-order valence-electron chi connectivity index (χ4n) is 4.12. The molecule has 1 aliphatic heterocycles. The first-order chi connectivity index (χ1) is 14.8. The maximum absolute atomic E-state index is 14.0. The number of ether oxygens (including phenoxy) is 1. The summed E-state index contributed by atoms with van der Waals surface area (Å²) in [5, 5.41) is 3.63. The number of methoxy groups -OCH3 is 1. The molecule has 0 radical (unpaired) electrons. The molecule has 10 heteroatoms. The average molecular weight is 543 g/mol. The van der Waals surface area contributed by atoms with Crippen LogP contribution in [0.2, 0.25) is 0 Å². The van der Waals surface area contributed by atoms with Gasteiger partial charge in [0.1, 0.15) is 5.82 Å². The molecule has 0 aliphatic carbocycles. The minimum Gasteiger partial charge on any atom is -0.383 e. The fourth-order valence-corrected chi connectivity index (χ4v) is 4.59. The largest absolute Gasteiger partial charge is 0.417 e. The molecule has 1 fully saturated rings. The van der Waals surface area contributed by atoms with Crippen LogP contribution in [0.15, 0.2) is 30.3 Å². The second-order valence-electron chi connectivity index (χ2n) is 7.30. The zero-order valence-corrected chi connectivity index (χ0v) is 19.2. The van der Waals surface area contributed by atoms with Crippen molar-refractivity contribution >= 4 is 45.1 Å². The quantitative estimate of drug-likeness (QED) is 0.362. The zero-order chi connectivity index (χ0) is 22.2. The highest BCUT2D eigenvalue weighted by Crippen LogP contribution is 2.43. The van der Waals surface area contributed by atoms with E-state index in [1.54, 1.807) is 32.4 Å². The normalized spacial score (nSPS) is 16.8. The van der Waals surface area contributed by atoms with Crippen molar-refractivity contribution in [1.29, 1.82) is 0 Å². The summed E-state index contributed by atoms with van der Waals surface area (Å²) in [7, 11) is 3.33. The van der Waals surface area contributed by atoms with Crippen LogP contribution >= 0.6 is 22.6 Å². The number of nitrogens with one attached hydrogen (secondary N) is 1. The number of halogens is 4. The standard InChI is InChI=1S/C21H21F3IN5O/c1-26-18-13-8-9-15(27-19(13)29-20(25)28-18)17-14(21(22,23)24)6-3-7-16(17)30-10-4-5-12(30)11-31-2/h3,6-9,12H,4-5,10-11H2,1-2H3,(H,26,27,28,29)/t12-/m0/s1. The number of alkyl halides is 3. The number of nitrogens with zero attached hydrogens (tertiary/aromatic N) is 4. The third-order valence-electron chi connectivity index (χ3n) is 5.42. The lowest BCUT2D eigenvalue weighted by Gasteiger charge is -2.29. The van der Waals surface area contributed by atoms with Gasteiger partial charge in [-0.05, 0) is 37.1 Å². The Morgan fingerprint density at radius 1 is 1.19 bits per heavy atom. The summed E-state index contributed by atoms with van der Waals surface area (Å²) in [6, 6.07) is 7.63. The number of fused-ring (bicyclic) bond motifs is 1. The lowest BCUT2D eigenvalue weighted by atomic mass is 9.99. The monoisotopic (exact) mass is 543 g/mol. The predicted octanol–water partition coefficient (Wildman–Crippen LogP) is 4.97. The maximum Gasteiger partial charge on any atom is 0.417 e. The Morgan fingerprint density at radius 3 is 2.71 bits per heavy atom. The van der Waals surface area contributed by atoms with Gasteiger partial charge in [-0.1, -0.05) is 6.07 Å². The van der Waals surface area contributed by atoms with Crippen LogP contribution in [0, 0.1) is 3.83 Å². The molecule has 4 rings (SSSR count). The van der Waals surface area contributed by atoms with Gasteiger partial charge in [-0.25, -0.2) is 15.0 Å². The second kappa shape index (κ2) is 8.73. The molecule has 1 saturated heterocycles. The number of aromatic nitrogens is 3. The average Bonchev–Trinajstić information content (AvgIpc) is 3.19. The molecule has 6 nitrogen and oxygen atoms in total. The van der Waals surface area contributed by atoms with E-state index >= 15 is 0 Å². The molecule has 0 bridgehead atoms. The van der Waals surface area contributed by atoms with Gasteiger partial charge in [0.15, 0.2) is 9.48 Å². The molecule has 1 aromatic carbocycles. The van der Waals surface area contributed by atoms with Crippen molar-refractivity contribution in [3.05, 3.63) is 39.7 Å². The Morgan fingerprint density at radius 2 is 2.00 bits per heavy atom. The van der Waals surface area contributed by atoms with Crippen molar-refractivity contribution in [3.8, 4) is 11.3 Å². The number of hydrogen-bond donors (Lipinski definition) is 1. The molecule has 0 saturated carbocycles. The van der Waals surface area contributed by atoms with E-state index in [0.717, 1.165) is 18.9 Å². The zero-order valence-electron chi connectivity index (χ0n) is 17.0. The molecule has 3 aromatic rings. The van der Waals surface area contributed by atoms with Crippen LogP contribution in [0.25, 0.3) is 22.3 Å². The van der Waals surface area contributed by atoms with Crippen LogP contribution in [-0.4, -0.2) is 48.3 Å². The molecule has 0 unspecified atom stereocenters. The lowest BCUT2D eigenvalue weighted by Crippen LogP contribution is -2.33. The Labute approximate surface area is 191 Å². The van der Waals surface area contributed by atoms with E-state index in [0.29, 0.717) is 39.5 Å². The molecule has 3 heterocycles. The highest BCUT2D eigenvalue weighted by Gasteiger charge is 2.37. The summed E-state index contributed by atoms with van der Waals surface area (Å²) in [5.41, 5.74) is 0.449. The third kappa shape index (κ3) is 4.27. The van der Waals surface area contributed by atoms with Gasteiger partial charge >= 0.3 is 6.18 Å². The number of rotatable bonds is 5. The number of benzene rings is 1. The predicted molar refractivity (Wildman–Crippen MR) is 122 cm³/mol. The van der Waals surface area contributed by atoms with Crippen LogP contribution in [0.3, 0.4) is 0 Å². The first-order valence-electron chi connectivity index (χ1n) is 9.81. The van der Waals surface area contributed by atoms with E-state index in [1.807, 2.05) is 27.5 Å². The van der Waals surface area contributed by atoms with Gasteiger partial charge in [-0.3, -0.25) is 0 Å². The summed E-state index contributed by atoms with van der Waals surface area (Å²) in [6.07, 6.45) is -2.76. The van der Waals surface area contributed by atoms with Crippen LogP contribution < -0.4 is 10.2 Å². The summed E-state index contributed by atoms with van der Waals surface area (Å²) >= 11 is 1.97. The van der Waals surface area contributed by atoms with Gasteiger partial charge in [-0.2, -0.15) is 13.2 Å². The smallest absolute Gasteiger partial charge is 0.383 e. The van der Waals surface area contributed by atoms with Crippen LogP contribution in [0.1, 0.15) is 18.4 Å². The van der Waals surface area contributed by atoms with E-state index in [4.69, 9.17) is 4.74 Å². The summed E-state index contributed by atoms with van der Waals surface area (Å²) in [6.45, 7) is 1.12. The van der Waals surface area contributed by atoms with Crippen LogP contribution in [0.4, 0.5) is 24.7 Å². The van der Waals surface area contributed by atoms with Gasteiger partial charge in [0.05, 0.1) is 29.3 Å². The molecule has 2 aromatic heterocycles. The molecular formula is C21H21F3IN5O. The topological polar surface area (TPSA) is 63.2 Å². The van der Waals surface area contributed by atoms with Gasteiger partial charge in [0, 0.05) is 54.5 Å². The second-order valence-corrected chi connectivity index (χ2v) is 8.27. The SMILES string of the molecule is CNc1nc(I)nc2nc(-c3c(N4CCC[C@H]4COC)cccc3C(F)(F)F)ccc12. The third-order valence-corrected chi connectivity index (χ3v) is 5.90. The molecule has 1 aliphatic rings. The maximum atomic E-state index is 14.0. The van der Waals surface area contributed by atoms with Crippen molar-refractivity contribution in [1.82, 2.24) is 15.0 Å². The molecule has 0 amide bonds. The lowest BCUT2D eigenvalue weighted by molar-refractivity contribution is -0.137. The van der Waals surface area contributed by atoms with E-state index in [9.17, 15) is 13.2 Å². The van der Waals surface area contributed by atoms with Crippen molar-refractivity contribution in [2.24, 2.45) is 0 Å². The van der Waals surface area contributed by atoms with Gasteiger partial charge in [0.2, 0.25) is 0 Å².